The molecule has 3 aromatic rings. The Balaban J connectivity index is 2.32. The molecule has 27 heavy (non-hydrogen) atoms. The number of methoxy groups -OCH3 is 4. The molecule has 0 saturated heterocycles. The predicted octanol–water partition coefficient (Wildman–Crippen LogP) is 4.09. The van der Waals surface area contributed by atoms with Crippen LogP contribution in [0.2, 0.25) is 0 Å². The van der Waals surface area contributed by atoms with Crippen molar-refractivity contribution in [1.82, 2.24) is 0 Å². The van der Waals surface area contributed by atoms with E-state index in [0.29, 0.717) is 30.8 Å². The van der Waals surface area contributed by atoms with Crippen LogP contribution in [0.5, 0.6) is 23.0 Å². The third-order valence-electron chi connectivity index (χ3n) is 5.33. The molecule has 0 atom stereocenters. The van der Waals surface area contributed by atoms with Gasteiger partial charge in [0.15, 0.2) is 0 Å². The first-order valence-corrected chi connectivity index (χ1v) is 8.90. The normalized spacial score (nSPS) is 13.6. The smallest absolute Gasteiger partial charge is 0.138 e. The number of carbonyl (C=O) groups excluding carboxylic acids is 1. The molecule has 0 N–H and O–H groups in total. The van der Waals surface area contributed by atoms with Crippen LogP contribution in [0.1, 0.15) is 17.5 Å². The lowest BCUT2D eigenvalue weighted by Gasteiger charge is -2.26. The predicted molar refractivity (Wildman–Crippen MR) is 105 cm³/mol. The summed E-state index contributed by atoms with van der Waals surface area (Å²) in [5.74, 6) is 3.01. The topological polar surface area (TPSA) is 54.0 Å². The number of benzene rings is 3. The van der Waals surface area contributed by atoms with Crippen molar-refractivity contribution in [2.75, 3.05) is 28.4 Å². The summed E-state index contributed by atoms with van der Waals surface area (Å²) < 4.78 is 23.3. The summed E-state index contributed by atoms with van der Waals surface area (Å²) >= 11 is 0. The number of ketones is 1. The van der Waals surface area contributed by atoms with Crippen molar-refractivity contribution in [1.29, 1.82) is 0 Å². The van der Waals surface area contributed by atoms with Gasteiger partial charge in [-0.15, -0.1) is 0 Å². The van der Waals surface area contributed by atoms with E-state index in [1.165, 1.54) is 0 Å². The molecule has 5 heteroatoms. The molecule has 0 saturated carbocycles. The molecular formula is C22H22O5. The molecule has 0 aliphatic heterocycles. The quantitative estimate of drug-likeness (QED) is 0.651. The Morgan fingerprint density at radius 3 is 1.63 bits per heavy atom. The average molecular weight is 366 g/mol. The van der Waals surface area contributed by atoms with Crippen LogP contribution in [0.4, 0.5) is 0 Å². The lowest BCUT2D eigenvalue weighted by Crippen LogP contribution is -2.16. The van der Waals surface area contributed by atoms with Gasteiger partial charge in [0.2, 0.25) is 0 Å². The second-order valence-corrected chi connectivity index (χ2v) is 6.60. The first-order valence-electron chi connectivity index (χ1n) is 8.90. The maximum atomic E-state index is 12.2. The zero-order valence-corrected chi connectivity index (χ0v) is 16.0. The van der Waals surface area contributed by atoms with Crippen molar-refractivity contribution < 1.29 is 23.7 Å². The summed E-state index contributed by atoms with van der Waals surface area (Å²) in [7, 11) is 6.58. The van der Waals surface area contributed by atoms with Crippen LogP contribution in [0.15, 0.2) is 24.3 Å². The summed E-state index contributed by atoms with van der Waals surface area (Å²) in [4.78, 5) is 12.2. The Labute approximate surface area is 157 Å². The summed E-state index contributed by atoms with van der Waals surface area (Å²) in [6.07, 6.45) is 1.47. The molecule has 0 radical (unpaired) electrons. The molecule has 1 aliphatic carbocycles. The van der Waals surface area contributed by atoms with Crippen LogP contribution in [-0.2, 0) is 17.6 Å². The van der Waals surface area contributed by atoms with Crippen LogP contribution in [0.25, 0.3) is 21.5 Å². The van der Waals surface area contributed by atoms with Crippen LogP contribution in [0, 0.1) is 0 Å². The molecule has 5 nitrogen and oxygen atoms in total. The van der Waals surface area contributed by atoms with E-state index >= 15 is 0 Å². The van der Waals surface area contributed by atoms with Crippen molar-refractivity contribution in [3.8, 4) is 23.0 Å². The maximum absolute atomic E-state index is 12.2. The Morgan fingerprint density at radius 1 is 0.667 bits per heavy atom. The van der Waals surface area contributed by atoms with Crippen molar-refractivity contribution >= 4 is 27.3 Å². The molecule has 0 bridgehead atoms. The summed E-state index contributed by atoms with van der Waals surface area (Å²) in [5.41, 5.74) is 1.89. The molecule has 3 aromatic carbocycles. The largest absolute Gasteiger partial charge is 0.496 e. The minimum atomic E-state index is 0.203. The van der Waals surface area contributed by atoms with Gasteiger partial charge in [-0.3, -0.25) is 4.79 Å². The molecule has 140 valence electrons. The molecule has 4 rings (SSSR count). The van der Waals surface area contributed by atoms with Gasteiger partial charge in [-0.25, -0.2) is 0 Å². The fourth-order valence-electron chi connectivity index (χ4n) is 4.26. The SMILES string of the molecule is COc1c2c(c(OC)c3c(OC)c4ccccc4c(OC)c13)CC(=O)CC2. The van der Waals surface area contributed by atoms with Gasteiger partial charge >= 0.3 is 0 Å². The van der Waals surface area contributed by atoms with Gasteiger partial charge in [0.1, 0.15) is 28.8 Å². The zero-order valence-electron chi connectivity index (χ0n) is 16.0. The van der Waals surface area contributed by atoms with E-state index in [1.807, 2.05) is 24.3 Å². The van der Waals surface area contributed by atoms with Gasteiger partial charge in [-0.2, -0.15) is 0 Å². The van der Waals surface area contributed by atoms with Gasteiger partial charge < -0.3 is 18.9 Å². The number of carbonyl (C=O) groups is 1. The highest BCUT2D eigenvalue weighted by Crippen LogP contribution is 2.53. The van der Waals surface area contributed by atoms with Gasteiger partial charge in [0, 0.05) is 34.7 Å². The number of Topliss-reactive ketones (excluding diaryl/α,β-unsaturated/α-hetero) is 1. The second kappa shape index (κ2) is 6.65. The van der Waals surface area contributed by atoms with Crippen molar-refractivity contribution in [3.63, 3.8) is 0 Å². The van der Waals surface area contributed by atoms with E-state index in [4.69, 9.17) is 18.9 Å². The molecule has 0 unspecified atom stereocenters. The monoisotopic (exact) mass is 366 g/mol. The van der Waals surface area contributed by atoms with Crippen LogP contribution >= 0.6 is 0 Å². The van der Waals surface area contributed by atoms with Crippen molar-refractivity contribution in [3.05, 3.63) is 35.4 Å². The number of ether oxygens (including phenoxy) is 4. The van der Waals surface area contributed by atoms with Crippen molar-refractivity contribution in [2.45, 2.75) is 19.3 Å². The molecular weight excluding hydrogens is 344 g/mol. The van der Waals surface area contributed by atoms with Crippen molar-refractivity contribution in [2.24, 2.45) is 0 Å². The summed E-state index contributed by atoms with van der Waals surface area (Å²) in [6.45, 7) is 0. The second-order valence-electron chi connectivity index (χ2n) is 6.60. The Bertz CT molecular complexity index is 1070. The highest BCUT2D eigenvalue weighted by molar-refractivity contribution is 6.16. The highest BCUT2D eigenvalue weighted by atomic mass is 16.5. The minimum absolute atomic E-state index is 0.203. The average Bonchev–Trinajstić information content (AvgIpc) is 2.70. The molecule has 0 amide bonds. The van der Waals surface area contributed by atoms with E-state index in [9.17, 15) is 4.79 Å². The lowest BCUT2D eigenvalue weighted by atomic mass is 9.85. The number of rotatable bonds is 4. The third-order valence-corrected chi connectivity index (χ3v) is 5.33. The highest BCUT2D eigenvalue weighted by Gasteiger charge is 2.31. The van der Waals surface area contributed by atoms with E-state index in [-0.39, 0.29) is 5.78 Å². The number of fused-ring (bicyclic) bond motifs is 3. The first kappa shape index (κ1) is 17.5. The van der Waals surface area contributed by atoms with E-state index < -0.39 is 0 Å². The first-order chi connectivity index (χ1) is 13.2. The zero-order chi connectivity index (χ0) is 19.1. The molecule has 0 heterocycles. The molecule has 0 spiro atoms. The third kappa shape index (κ3) is 2.41. The van der Waals surface area contributed by atoms with Gasteiger partial charge in [0.05, 0.1) is 39.2 Å². The van der Waals surface area contributed by atoms with Gasteiger partial charge in [-0.05, 0) is 6.42 Å². The summed E-state index contributed by atoms with van der Waals surface area (Å²) in [6, 6.07) is 7.93. The van der Waals surface area contributed by atoms with E-state index in [0.717, 1.165) is 44.2 Å². The van der Waals surface area contributed by atoms with E-state index in [1.54, 1.807) is 28.4 Å². The maximum Gasteiger partial charge on any atom is 0.138 e. The fourth-order valence-corrected chi connectivity index (χ4v) is 4.26. The van der Waals surface area contributed by atoms with Crippen LogP contribution in [0.3, 0.4) is 0 Å². The van der Waals surface area contributed by atoms with Gasteiger partial charge in [0.25, 0.3) is 0 Å². The molecule has 1 aliphatic rings. The standard InChI is InChI=1S/C22H22O5/c1-24-19-13-7-5-6-8-14(13)20(25-2)18-17(19)21(26-3)15-10-9-12(23)11-16(15)22(18)27-4/h5-8H,9-11H2,1-4H3. The van der Waals surface area contributed by atoms with Gasteiger partial charge in [-0.1, -0.05) is 24.3 Å². The Hall–Kier alpha value is -2.95. The summed E-state index contributed by atoms with van der Waals surface area (Å²) in [5, 5.41) is 3.46. The van der Waals surface area contributed by atoms with Crippen LogP contribution < -0.4 is 18.9 Å². The van der Waals surface area contributed by atoms with Crippen LogP contribution in [-0.4, -0.2) is 34.2 Å². The number of hydrogen-bond donors (Lipinski definition) is 0. The number of hydrogen-bond acceptors (Lipinski definition) is 5. The lowest BCUT2D eigenvalue weighted by molar-refractivity contribution is -0.118. The molecule has 0 fully saturated rings. The Morgan fingerprint density at radius 2 is 1.15 bits per heavy atom. The minimum Gasteiger partial charge on any atom is -0.496 e. The fraction of sp³-hybridized carbons (Fsp3) is 0.318. The van der Waals surface area contributed by atoms with E-state index in [2.05, 4.69) is 0 Å². The molecule has 0 aromatic heterocycles. The Kier molecular flexibility index (Phi) is 4.30.